The summed E-state index contributed by atoms with van der Waals surface area (Å²) in [6, 6.07) is -1.53. The standard InChI is InChI=1S/C30H48NO10P/c1-3-5-6-7-8-9-10-11-12-13-14-15-16-17-18-19-20-22-29(33)41-26(23-38-28(32)21-4-2)24-39-42(36,37)40-25-27(31)30(34)35/h5-6,8-9,11-12,14-15,17-18,26-27H,3-4,7,10,13,16,19-25,31H2,1-2H3,(H,34,35)(H,36,37)/b6-5-,9-8-,12-11-,15-14-,18-17-. The molecule has 0 aromatic rings. The SMILES string of the molecule is CC/C=C\C/C=C\C/C=C\C/C=C\C/C=C\CCCC(=O)OC(COC(=O)CCC)COP(=O)(O)OCC(N)C(=O)O. The molecule has 0 saturated carbocycles. The van der Waals surface area contributed by atoms with E-state index in [-0.39, 0.29) is 19.4 Å². The molecule has 0 amide bonds. The molecule has 0 fully saturated rings. The Labute approximate surface area is 249 Å². The number of carbonyl (C=O) groups is 3. The molecule has 0 aromatic heterocycles. The van der Waals surface area contributed by atoms with E-state index < -0.39 is 51.1 Å². The predicted molar refractivity (Wildman–Crippen MR) is 161 cm³/mol. The lowest BCUT2D eigenvalue weighted by Crippen LogP contribution is -2.34. The van der Waals surface area contributed by atoms with E-state index in [2.05, 4.69) is 60.1 Å². The average molecular weight is 614 g/mol. The van der Waals surface area contributed by atoms with Crippen LogP contribution in [0.4, 0.5) is 0 Å². The van der Waals surface area contributed by atoms with Gasteiger partial charge < -0.3 is 25.2 Å². The summed E-state index contributed by atoms with van der Waals surface area (Å²) in [5.74, 6) is -2.54. The Hall–Kier alpha value is -2.82. The highest BCUT2D eigenvalue weighted by Crippen LogP contribution is 2.43. The number of nitrogens with two attached hydrogens (primary N) is 1. The number of aliphatic carboxylic acids is 1. The summed E-state index contributed by atoms with van der Waals surface area (Å²) >= 11 is 0. The molecule has 0 aliphatic rings. The minimum atomic E-state index is -4.70. The van der Waals surface area contributed by atoms with Crippen LogP contribution >= 0.6 is 7.82 Å². The number of allylic oxidation sites excluding steroid dienone is 10. The molecule has 0 aliphatic carbocycles. The third-order valence-corrected chi connectivity index (χ3v) is 6.20. The van der Waals surface area contributed by atoms with E-state index in [9.17, 15) is 23.8 Å². The van der Waals surface area contributed by atoms with Gasteiger partial charge in [0.2, 0.25) is 0 Å². The molecule has 4 N–H and O–H groups in total. The Bertz CT molecular complexity index is 958. The Morgan fingerprint density at radius 3 is 1.81 bits per heavy atom. The van der Waals surface area contributed by atoms with Crippen LogP contribution in [0.1, 0.15) is 78.1 Å². The molecule has 42 heavy (non-hydrogen) atoms. The zero-order chi connectivity index (χ0) is 31.5. The lowest BCUT2D eigenvalue weighted by atomic mass is 10.2. The van der Waals surface area contributed by atoms with Crippen LogP contribution in [0.2, 0.25) is 0 Å². The molecule has 0 aromatic carbocycles. The van der Waals surface area contributed by atoms with E-state index in [1.165, 1.54) is 0 Å². The normalized spacial score (nSPS) is 15.1. The molecule has 0 spiro atoms. The largest absolute Gasteiger partial charge is 0.480 e. The van der Waals surface area contributed by atoms with E-state index in [0.717, 1.165) is 32.1 Å². The number of hydrogen-bond acceptors (Lipinski definition) is 9. The Morgan fingerprint density at radius 1 is 0.762 bits per heavy atom. The molecule has 11 nitrogen and oxygen atoms in total. The molecule has 0 aliphatic heterocycles. The summed E-state index contributed by atoms with van der Waals surface area (Å²) in [4.78, 5) is 44.5. The number of phosphoric acid groups is 1. The summed E-state index contributed by atoms with van der Waals surface area (Å²) in [5, 5.41) is 8.74. The van der Waals surface area contributed by atoms with Gasteiger partial charge in [-0.2, -0.15) is 0 Å². The van der Waals surface area contributed by atoms with Gasteiger partial charge in [-0.3, -0.25) is 23.4 Å². The van der Waals surface area contributed by atoms with Crippen LogP contribution in [0.5, 0.6) is 0 Å². The van der Waals surface area contributed by atoms with Crippen LogP contribution in [0.25, 0.3) is 0 Å². The minimum Gasteiger partial charge on any atom is -0.480 e. The molecule has 238 valence electrons. The second-order valence-electron chi connectivity index (χ2n) is 9.15. The van der Waals surface area contributed by atoms with Crippen LogP contribution in [-0.4, -0.2) is 59.9 Å². The molecule has 12 heteroatoms. The lowest BCUT2D eigenvalue weighted by Gasteiger charge is -2.20. The first-order valence-corrected chi connectivity index (χ1v) is 15.8. The van der Waals surface area contributed by atoms with Gasteiger partial charge in [-0.15, -0.1) is 0 Å². The van der Waals surface area contributed by atoms with Crippen molar-refractivity contribution in [3.63, 3.8) is 0 Å². The summed E-state index contributed by atoms with van der Waals surface area (Å²) in [6.45, 7) is 2.15. The summed E-state index contributed by atoms with van der Waals surface area (Å²) in [5.41, 5.74) is 5.24. The number of esters is 2. The zero-order valence-corrected chi connectivity index (χ0v) is 25.7. The smallest absolute Gasteiger partial charge is 0.472 e. The number of ether oxygens (including phenoxy) is 2. The lowest BCUT2D eigenvalue weighted by molar-refractivity contribution is -0.161. The molecule has 0 saturated heterocycles. The maximum absolute atomic E-state index is 12.3. The highest BCUT2D eigenvalue weighted by molar-refractivity contribution is 7.47. The van der Waals surface area contributed by atoms with Crippen molar-refractivity contribution in [1.82, 2.24) is 0 Å². The van der Waals surface area contributed by atoms with Crippen LogP contribution in [0.15, 0.2) is 60.8 Å². The van der Waals surface area contributed by atoms with Gasteiger partial charge in [-0.25, -0.2) is 4.57 Å². The third-order valence-electron chi connectivity index (χ3n) is 5.25. The van der Waals surface area contributed by atoms with Crippen molar-refractivity contribution < 1.29 is 47.5 Å². The van der Waals surface area contributed by atoms with Crippen molar-refractivity contribution in [2.24, 2.45) is 5.73 Å². The van der Waals surface area contributed by atoms with Gasteiger partial charge in [-0.05, 0) is 51.4 Å². The quantitative estimate of drug-likeness (QED) is 0.0498. The van der Waals surface area contributed by atoms with Gasteiger partial charge in [0.1, 0.15) is 12.6 Å². The predicted octanol–water partition coefficient (Wildman–Crippen LogP) is 5.71. The summed E-state index contributed by atoms with van der Waals surface area (Å²) in [6.07, 6.45) is 26.5. The number of unbranched alkanes of at least 4 members (excludes halogenated alkanes) is 1. The molecule has 3 atom stereocenters. The number of hydrogen-bond donors (Lipinski definition) is 3. The van der Waals surface area contributed by atoms with Crippen molar-refractivity contribution in [3.05, 3.63) is 60.8 Å². The first-order valence-electron chi connectivity index (χ1n) is 14.3. The van der Waals surface area contributed by atoms with Crippen LogP contribution < -0.4 is 5.73 Å². The Balaban J connectivity index is 4.40. The Morgan fingerprint density at radius 2 is 1.29 bits per heavy atom. The topological polar surface area (TPSA) is 172 Å². The van der Waals surface area contributed by atoms with E-state index in [1.54, 1.807) is 6.92 Å². The fraction of sp³-hybridized carbons (Fsp3) is 0.567. The second kappa shape index (κ2) is 25.9. The third kappa shape index (κ3) is 24.9. The fourth-order valence-corrected chi connectivity index (χ4v) is 3.79. The average Bonchev–Trinajstić information content (AvgIpc) is 2.95. The maximum Gasteiger partial charge on any atom is 0.472 e. The first kappa shape index (κ1) is 39.2. The van der Waals surface area contributed by atoms with Gasteiger partial charge >= 0.3 is 25.7 Å². The molecular formula is C30H48NO10P. The van der Waals surface area contributed by atoms with Crippen LogP contribution in [0, 0.1) is 0 Å². The molecule has 3 unspecified atom stereocenters. The zero-order valence-electron chi connectivity index (χ0n) is 24.8. The maximum atomic E-state index is 12.3. The summed E-state index contributed by atoms with van der Waals surface area (Å²) in [7, 11) is -4.70. The molecule has 0 rings (SSSR count). The number of phosphoric ester groups is 1. The van der Waals surface area contributed by atoms with Gasteiger partial charge in [0.25, 0.3) is 0 Å². The van der Waals surface area contributed by atoms with E-state index in [4.69, 9.17) is 24.8 Å². The Kier molecular flexibility index (Phi) is 24.1. The fourth-order valence-electron chi connectivity index (χ4n) is 3.02. The second-order valence-corrected chi connectivity index (χ2v) is 10.6. The minimum absolute atomic E-state index is 0.0778. The van der Waals surface area contributed by atoms with Crippen molar-refractivity contribution in [2.45, 2.75) is 90.2 Å². The molecular weight excluding hydrogens is 565 g/mol. The monoisotopic (exact) mass is 613 g/mol. The van der Waals surface area contributed by atoms with Crippen molar-refractivity contribution in [3.8, 4) is 0 Å². The van der Waals surface area contributed by atoms with E-state index in [0.29, 0.717) is 19.3 Å². The van der Waals surface area contributed by atoms with Gasteiger partial charge in [-0.1, -0.05) is 74.6 Å². The number of carboxylic acids is 1. The number of carbonyl (C=O) groups excluding carboxylic acids is 2. The van der Waals surface area contributed by atoms with Crippen molar-refractivity contribution >= 4 is 25.7 Å². The molecule has 0 bridgehead atoms. The number of carboxylic acid groups (broad SMARTS) is 1. The van der Waals surface area contributed by atoms with Gasteiger partial charge in [0, 0.05) is 12.8 Å². The number of rotatable bonds is 25. The van der Waals surface area contributed by atoms with Crippen LogP contribution in [0.3, 0.4) is 0 Å². The van der Waals surface area contributed by atoms with Gasteiger partial charge in [0.15, 0.2) is 6.10 Å². The van der Waals surface area contributed by atoms with Crippen molar-refractivity contribution in [1.29, 1.82) is 0 Å². The first-order chi connectivity index (χ1) is 20.1. The van der Waals surface area contributed by atoms with Gasteiger partial charge in [0.05, 0.1) is 13.2 Å². The highest BCUT2D eigenvalue weighted by Gasteiger charge is 2.28. The highest BCUT2D eigenvalue weighted by atomic mass is 31.2. The van der Waals surface area contributed by atoms with E-state index >= 15 is 0 Å². The molecule has 0 radical (unpaired) electrons. The van der Waals surface area contributed by atoms with E-state index in [1.807, 2.05) is 12.2 Å². The van der Waals surface area contributed by atoms with Crippen molar-refractivity contribution in [2.75, 3.05) is 19.8 Å². The van der Waals surface area contributed by atoms with Crippen LogP contribution in [-0.2, 0) is 37.5 Å². The molecule has 0 heterocycles. The summed E-state index contributed by atoms with van der Waals surface area (Å²) < 4.78 is 31.7.